The number of aromatic nitrogens is 1. The van der Waals surface area contributed by atoms with Gasteiger partial charge in [-0.2, -0.15) is 5.26 Å². The van der Waals surface area contributed by atoms with E-state index in [4.69, 9.17) is 5.26 Å². The number of hydrogen-bond acceptors (Lipinski definition) is 4. The third-order valence-corrected chi connectivity index (χ3v) is 3.32. The first kappa shape index (κ1) is 12.8. The number of pyridine rings is 1. The van der Waals surface area contributed by atoms with Gasteiger partial charge in [0.15, 0.2) is 5.69 Å². The Morgan fingerprint density at radius 1 is 1.50 bits per heavy atom. The predicted molar refractivity (Wildman–Crippen MR) is 72.3 cm³/mol. The van der Waals surface area contributed by atoms with E-state index >= 15 is 0 Å². The summed E-state index contributed by atoms with van der Waals surface area (Å²) in [6, 6.07) is 5.87. The molecule has 1 N–H and O–H groups in total. The van der Waals surface area contributed by atoms with Gasteiger partial charge in [-0.25, -0.2) is 4.98 Å². The van der Waals surface area contributed by atoms with Crippen molar-refractivity contribution in [1.29, 1.82) is 5.26 Å². The first-order valence-corrected chi connectivity index (χ1v) is 6.61. The molecule has 18 heavy (non-hydrogen) atoms. The molecule has 1 atom stereocenters. The fourth-order valence-electron chi connectivity index (χ4n) is 2.39. The molecule has 1 saturated heterocycles. The summed E-state index contributed by atoms with van der Waals surface area (Å²) in [6.45, 7) is 6.74. The van der Waals surface area contributed by atoms with Crippen molar-refractivity contribution in [2.75, 3.05) is 31.5 Å². The quantitative estimate of drug-likeness (QED) is 0.861. The molecule has 0 aliphatic carbocycles. The molecule has 4 nitrogen and oxygen atoms in total. The van der Waals surface area contributed by atoms with Crippen molar-refractivity contribution in [3.63, 3.8) is 0 Å². The average molecular weight is 244 g/mol. The van der Waals surface area contributed by atoms with E-state index < -0.39 is 0 Å². The van der Waals surface area contributed by atoms with E-state index in [1.54, 1.807) is 6.20 Å². The summed E-state index contributed by atoms with van der Waals surface area (Å²) in [7, 11) is 0. The maximum atomic E-state index is 8.95. The summed E-state index contributed by atoms with van der Waals surface area (Å²) in [5, 5.41) is 12.3. The van der Waals surface area contributed by atoms with Crippen LogP contribution in [0.25, 0.3) is 0 Å². The highest BCUT2D eigenvalue weighted by atomic mass is 15.1. The second kappa shape index (κ2) is 6.36. The predicted octanol–water partition coefficient (Wildman–Crippen LogP) is 2.10. The first-order valence-electron chi connectivity index (χ1n) is 6.61. The molecule has 0 spiro atoms. The van der Waals surface area contributed by atoms with Crippen LogP contribution in [0.5, 0.6) is 0 Å². The molecule has 0 radical (unpaired) electrons. The van der Waals surface area contributed by atoms with Crippen LogP contribution in [0.4, 0.5) is 5.69 Å². The van der Waals surface area contributed by atoms with Gasteiger partial charge >= 0.3 is 0 Å². The van der Waals surface area contributed by atoms with Gasteiger partial charge in [-0.15, -0.1) is 0 Å². The lowest BCUT2D eigenvalue weighted by Crippen LogP contribution is -2.29. The van der Waals surface area contributed by atoms with Gasteiger partial charge in [-0.05, 0) is 44.0 Å². The molecule has 1 aromatic rings. The van der Waals surface area contributed by atoms with Crippen LogP contribution in [0.1, 0.15) is 25.5 Å². The lowest BCUT2D eigenvalue weighted by atomic mass is 10.1. The zero-order chi connectivity index (χ0) is 12.8. The molecule has 1 aliphatic heterocycles. The summed E-state index contributed by atoms with van der Waals surface area (Å²) in [6.07, 6.45) is 4.32. The number of nitriles is 1. The Morgan fingerprint density at radius 3 is 3.00 bits per heavy atom. The molecule has 1 unspecified atom stereocenters. The Kier molecular flexibility index (Phi) is 4.54. The zero-order valence-corrected chi connectivity index (χ0v) is 10.9. The maximum absolute atomic E-state index is 8.95. The lowest BCUT2D eigenvalue weighted by Gasteiger charge is -2.20. The fourth-order valence-corrected chi connectivity index (χ4v) is 2.39. The highest BCUT2D eigenvalue weighted by Crippen LogP contribution is 2.13. The molecule has 0 aromatic carbocycles. The molecule has 1 fully saturated rings. The summed E-state index contributed by atoms with van der Waals surface area (Å²) >= 11 is 0. The Bertz CT molecular complexity index is 418. The van der Waals surface area contributed by atoms with Crippen LogP contribution in [0.2, 0.25) is 0 Å². The molecule has 1 aromatic heterocycles. The Balaban J connectivity index is 1.81. The number of anilines is 1. The van der Waals surface area contributed by atoms with E-state index in [2.05, 4.69) is 28.2 Å². The van der Waals surface area contributed by atoms with Gasteiger partial charge in [-0.3, -0.25) is 0 Å². The van der Waals surface area contributed by atoms with Crippen molar-refractivity contribution in [3.05, 3.63) is 24.0 Å². The van der Waals surface area contributed by atoms with Crippen LogP contribution in [0, 0.1) is 17.2 Å². The van der Waals surface area contributed by atoms with E-state index in [9.17, 15) is 0 Å². The summed E-state index contributed by atoms with van der Waals surface area (Å²) < 4.78 is 0. The molecule has 2 heterocycles. The second-order valence-corrected chi connectivity index (χ2v) is 5.01. The normalized spacial score (nSPS) is 17.3. The van der Waals surface area contributed by atoms with E-state index in [1.807, 2.05) is 12.1 Å². The topological polar surface area (TPSA) is 52.0 Å². The average Bonchev–Trinajstić information content (AvgIpc) is 2.89. The monoisotopic (exact) mass is 244 g/mol. The smallest absolute Gasteiger partial charge is 0.163 e. The molecule has 4 heteroatoms. The molecular formula is C14H20N4. The number of nitrogens with zero attached hydrogens (tertiary/aromatic N) is 3. The van der Waals surface area contributed by atoms with Crippen LogP contribution in [0.3, 0.4) is 0 Å². The second-order valence-electron chi connectivity index (χ2n) is 5.01. The number of rotatable bonds is 5. The van der Waals surface area contributed by atoms with Gasteiger partial charge in [0.25, 0.3) is 0 Å². The molecular weight excluding hydrogens is 224 g/mol. The van der Waals surface area contributed by atoms with E-state index in [0.29, 0.717) is 11.6 Å². The molecule has 96 valence electrons. The SMILES string of the molecule is CC(CNc1cccnc1C#N)CN1CCCC1. The Morgan fingerprint density at radius 2 is 2.28 bits per heavy atom. The van der Waals surface area contributed by atoms with Crippen LogP contribution >= 0.6 is 0 Å². The van der Waals surface area contributed by atoms with Crippen molar-refractivity contribution in [1.82, 2.24) is 9.88 Å². The van der Waals surface area contributed by atoms with Crippen LogP contribution in [-0.4, -0.2) is 36.1 Å². The third-order valence-electron chi connectivity index (χ3n) is 3.32. The zero-order valence-electron chi connectivity index (χ0n) is 10.9. The number of nitrogens with one attached hydrogen (secondary N) is 1. The van der Waals surface area contributed by atoms with Gasteiger partial charge in [0.2, 0.25) is 0 Å². The summed E-state index contributed by atoms with van der Waals surface area (Å²) in [5.41, 5.74) is 1.32. The van der Waals surface area contributed by atoms with Gasteiger partial charge in [0.1, 0.15) is 6.07 Å². The lowest BCUT2D eigenvalue weighted by molar-refractivity contribution is 0.294. The Hall–Kier alpha value is -1.60. The van der Waals surface area contributed by atoms with Crippen molar-refractivity contribution in [2.24, 2.45) is 5.92 Å². The minimum Gasteiger partial charge on any atom is -0.382 e. The van der Waals surface area contributed by atoms with Crippen molar-refractivity contribution < 1.29 is 0 Å². The Labute approximate surface area is 109 Å². The van der Waals surface area contributed by atoms with Crippen molar-refractivity contribution in [3.8, 4) is 6.07 Å². The van der Waals surface area contributed by atoms with Crippen molar-refractivity contribution >= 4 is 5.69 Å². The number of hydrogen-bond donors (Lipinski definition) is 1. The van der Waals surface area contributed by atoms with Crippen molar-refractivity contribution in [2.45, 2.75) is 19.8 Å². The minimum atomic E-state index is 0.478. The highest BCUT2D eigenvalue weighted by molar-refractivity contribution is 5.53. The summed E-state index contributed by atoms with van der Waals surface area (Å²) in [4.78, 5) is 6.56. The third kappa shape index (κ3) is 3.44. The van der Waals surface area contributed by atoms with Gasteiger partial charge in [0, 0.05) is 19.3 Å². The van der Waals surface area contributed by atoms with Gasteiger partial charge in [0.05, 0.1) is 5.69 Å². The molecule has 0 bridgehead atoms. The van der Waals surface area contributed by atoms with Crippen LogP contribution in [0.15, 0.2) is 18.3 Å². The first-order chi connectivity index (χ1) is 8.79. The summed E-state index contributed by atoms with van der Waals surface area (Å²) in [5.74, 6) is 0.579. The fraction of sp³-hybridized carbons (Fsp3) is 0.571. The number of likely N-dealkylation sites (tertiary alicyclic amines) is 1. The van der Waals surface area contributed by atoms with Gasteiger partial charge < -0.3 is 10.2 Å². The standard InChI is InChI=1S/C14H20N4/c1-12(11-18-7-2-3-8-18)10-17-13-5-4-6-16-14(13)9-15/h4-6,12,17H,2-3,7-8,10-11H2,1H3. The maximum Gasteiger partial charge on any atom is 0.163 e. The van der Waals surface area contributed by atoms with Gasteiger partial charge in [-0.1, -0.05) is 6.92 Å². The van der Waals surface area contributed by atoms with Crippen LogP contribution < -0.4 is 5.32 Å². The van der Waals surface area contributed by atoms with E-state index in [-0.39, 0.29) is 0 Å². The molecule has 0 saturated carbocycles. The van der Waals surface area contributed by atoms with E-state index in [0.717, 1.165) is 18.8 Å². The minimum absolute atomic E-state index is 0.478. The molecule has 2 rings (SSSR count). The largest absolute Gasteiger partial charge is 0.382 e. The molecule has 1 aliphatic rings. The molecule has 0 amide bonds. The highest BCUT2D eigenvalue weighted by Gasteiger charge is 2.14. The van der Waals surface area contributed by atoms with E-state index in [1.165, 1.54) is 25.9 Å². The van der Waals surface area contributed by atoms with Crippen LogP contribution in [-0.2, 0) is 0 Å².